The molecule has 1 aromatic carbocycles. The number of aromatic nitrogens is 2. The van der Waals surface area contributed by atoms with Gasteiger partial charge < -0.3 is 16.4 Å². The number of nitrogens with zero attached hydrogens (tertiary/aromatic N) is 3. The Morgan fingerprint density at radius 3 is 2.48 bits per heavy atom. The van der Waals surface area contributed by atoms with Crippen molar-refractivity contribution < 1.29 is 18.0 Å². The molecule has 0 saturated heterocycles. The van der Waals surface area contributed by atoms with Crippen LogP contribution >= 0.6 is 11.6 Å². The largest absolute Gasteiger partial charge is 0.433 e. The molecule has 12 heteroatoms. The summed E-state index contributed by atoms with van der Waals surface area (Å²) in [5.41, 5.74) is 1.45. The molecule has 0 atom stereocenters. The normalized spacial score (nSPS) is 12.3. The second kappa shape index (κ2) is 6.51. The molecule has 0 bridgehead atoms. The first-order valence-electron chi connectivity index (χ1n) is 6.46. The van der Waals surface area contributed by atoms with Gasteiger partial charge in [-0.25, -0.2) is 14.0 Å². The van der Waals surface area contributed by atoms with Crippen LogP contribution in [0.5, 0.6) is 0 Å². The van der Waals surface area contributed by atoms with Gasteiger partial charge in [-0.1, -0.05) is 16.8 Å². The van der Waals surface area contributed by atoms with E-state index < -0.39 is 23.1 Å². The summed E-state index contributed by atoms with van der Waals surface area (Å²) in [6.07, 6.45) is -4.97. The third-order valence-electron chi connectivity index (χ3n) is 3.10. The molecule has 0 aliphatic carbocycles. The van der Waals surface area contributed by atoms with Gasteiger partial charge in [-0.2, -0.15) is 13.2 Å². The van der Waals surface area contributed by atoms with Gasteiger partial charge in [0.05, 0.1) is 10.7 Å². The summed E-state index contributed by atoms with van der Waals surface area (Å²) < 4.78 is 38.7. The number of alkyl halides is 3. The van der Waals surface area contributed by atoms with Crippen LogP contribution in [0.1, 0.15) is 11.3 Å². The Kier molecular flexibility index (Phi) is 4.79. The van der Waals surface area contributed by atoms with Crippen LogP contribution < -0.4 is 22.8 Å². The average Bonchev–Trinajstić information content (AvgIpc) is 2.51. The van der Waals surface area contributed by atoms with Crippen molar-refractivity contribution in [2.75, 3.05) is 13.0 Å². The number of halogens is 4. The number of hydrogen-bond donors (Lipinski definition) is 2. The van der Waals surface area contributed by atoms with Crippen molar-refractivity contribution in [3.8, 4) is 5.69 Å². The lowest BCUT2D eigenvalue weighted by molar-refractivity contribution is -0.143. The fourth-order valence-corrected chi connectivity index (χ4v) is 2.22. The quantitative estimate of drug-likeness (QED) is 0.352. The van der Waals surface area contributed by atoms with E-state index in [9.17, 15) is 22.8 Å². The van der Waals surface area contributed by atoms with E-state index in [0.717, 1.165) is 0 Å². The number of oxime groups is 1. The molecule has 1 aromatic heterocycles. The van der Waals surface area contributed by atoms with E-state index in [2.05, 4.69) is 9.99 Å². The van der Waals surface area contributed by atoms with Crippen molar-refractivity contribution in [2.24, 2.45) is 10.9 Å². The van der Waals surface area contributed by atoms with Crippen molar-refractivity contribution in [3.05, 3.63) is 61.4 Å². The Morgan fingerprint density at radius 1 is 1.28 bits per heavy atom. The van der Waals surface area contributed by atoms with Crippen molar-refractivity contribution in [2.45, 2.75) is 6.18 Å². The Labute approximate surface area is 142 Å². The molecule has 0 aliphatic heterocycles. The third-order valence-corrected chi connectivity index (χ3v) is 3.43. The number of nitrogen functional groups attached to an aromatic ring is 1. The highest BCUT2D eigenvalue weighted by Gasteiger charge is 2.35. The molecular weight excluding hydrogens is 367 g/mol. The van der Waals surface area contributed by atoms with Gasteiger partial charge in [0.15, 0.2) is 11.5 Å². The molecule has 0 amide bonds. The standard InChI is InChI=1S/C13H11ClF3N5O3/c1-25-20-11(18)7-4-6(2-3-8(7)14)21-10(23)5-9(13(15,16)17)22(19)12(21)24/h2-5H,19H2,1H3,(H2,18,20). The lowest BCUT2D eigenvalue weighted by atomic mass is 10.2. The Morgan fingerprint density at radius 2 is 1.92 bits per heavy atom. The summed E-state index contributed by atoms with van der Waals surface area (Å²) in [7, 11) is 1.23. The minimum Gasteiger partial charge on any atom is -0.397 e. The van der Waals surface area contributed by atoms with E-state index in [1.54, 1.807) is 0 Å². The highest BCUT2D eigenvalue weighted by atomic mass is 35.5. The maximum atomic E-state index is 12.8. The number of amidine groups is 1. The van der Waals surface area contributed by atoms with Crippen LogP contribution in [0.25, 0.3) is 5.69 Å². The van der Waals surface area contributed by atoms with Crippen molar-refractivity contribution in [1.29, 1.82) is 0 Å². The van der Waals surface area contributed by atoms with Crippen LogP contribution in [0.3, 0.4) is 0 Å². The minimum absolute atomic E-state index is 0.100. The molecule has 2 rings (SSSR count). The molecule has 0 spiro atoms. The van der Waals surface area contributed by atoms with E-state index in [1.165, 1.54) is 25.3 Å². The van der Waals surface area contributed by atoms with E-state index >= 15 is 0 Å². The van der Waals surface area contributed by atoms with Crippen molar-refractivity contribution >= 4 is 17.4 Å². The molecule has 0 unspecified atom stereocenters. The Bertz CT molecular complexity index is 965. The van der Waals surface area contributed by atoms with Gasteiger partial charge in [0.25, 0.3) is 5.56 Å². The van der Waals surface area contributed by atoms with E-state index in [1.807, 2.05) is 0 Å². The summed E-state index contributed by atoms with van der Waals surface area (Å²) in [6.45, 7) is 0. The molecule has 0 radical (unpaired) electrons. The highest BCUT2D eigenvalue weighted by Crippen LogP contribution is 2.26. The molecule has 8 nitrogen and oxygen atoms in total. The van der Waals surface area contributed by atoms with E-state index in [-0.39, 0.29) is 32.9 Å². The molecule has 0 saturated carbocycles. The minimum atomic E-state index is -4.97. The predicted octanol–water partition coefficient (Wildman–Crippen LogP) is 0.652. The summed E-state index contributed by atoms with van der Waals surface area (Å²) in [4.78, 5) is 28.7. The second-order valence-corrected chi connectivity index (χ2v) is 5.08. The second-order valence-electron chi connectivity index (χ2n) is 4.68. The van der Waals surface area contributed by atoms with Crippen molar-refractivity contribution in [1.82, 2.24) is 9.24 Å². The summed E-state index contributed by atoms with van der Waals surface area (Å²) in [5, 5.41) is 3.59. The summed E-state index contributed by atoms with van der Waals surface area (Å²) >= 11 is 5.95. The monoisotopic (exact) mass is 377 g/mol. The molecule has 25 heavy (non-hydrogen) atoms. The van der Waals surface area contributed by atoms with Gasteiger partial charge in [0.2, 0.25) is 0 Å². The summed E-state index contributed by atoms with van der Waals surface area (Å²) in [5.74, 6) is 5.02. The fourth-order valence-electron chi connectivity index (χ4n) is 2.01. The molecular formula is C13H11ClF3N5O3. The number of benzene rings is 1. The third kappa shape index (κ3) is 3.45. The van der Waals surface area contributed by atoms with Crippen LogP contribution in [-0.2, 0) is 11.0 Å². The highest BCUT2D eigenvalue weighted by molar-refractivity contribution is 6.34. The molecule has 1 heterocycles. The van der Waals surface area contributed by atoms with Gasteiger partial charge >= 0.3 is 11.9 Å². The van der Waals surface area contributed by atoms with Crippen LogP contribution in [0.15, 0.2) is 39.0 Å². The lowest BCUT2D eigenvalue weighted by Gasteiger charge is -2.14. The van der Waals surface area contributed by atoms with Crippen LogP contribution in [-0.4, -0.2) is 22.2 Å². The van der Waals surface area contributed by atoms with Crippen LogP contribution in [0.2, 0.25) is 5.02 Å². The molecule has 0 aliphatic rings. The van der Waals surface area contributed by atoms with Gasteiger partial charge in [-0.05, 0) is 18.2 Å². The average molecular weight is 378 g/mol. The first-order valence-corrected chi connectivity index (χ1v) is 6.84. The maximum Gasteiger partial charge on any atom is 0.433 e. The Balaban J connectivity index is 2.75. The SMILES string of the molecule is CON=C(N)c1cc(-n2c(=O)cc(C(F)(F)F)n(N)c2=O)ccc1Cl. The van der Waals surface area contributed by atoms with Crippen molar-refractivity contribution in [3.63, 3.8) is 0 Å². The predicted molar refractivity (Wildman–Crippen MR) is 84.2 cm³/mol. The first kappa shape index (κ1) is 18.4. The first-order chi connectivity index (χ1) is 11.6. The lowest BCUT2D eigenvalue weighted by Crippen LogP contribution is -2.45. The molecule has 0 fully saturated rings. The molecule has 2 aromatic rings. The summed E-state index contributed by atoms with van der Waals surface area (Å²) in [6, 6.07) is 3.93. The van der Waals surface area contributed by atoms with Gasteiger partial charge in [0.1, 0.15) is 7.11 Å². The topological polar surface area (TPSA) is 118 Å². The zero-order chi connectivity index (χ0) is 18.9. The van der Waals surface area contributed by atoms with E-state index in [4.69, 9.17) is 23.2 Å². The molecule has 4 N–H and O–H groups in total. The fraction of sp³-hybridized carbons (Fsp3) is 0.154. The number of hydrogen-bond acceptors (Lipinski definition) is 5. The van der Waals surface area contributed by atoms with Gasteiger partial charge in [-0.3, -0.25) is 4.79 Å². The maximum absolute atomic E-state index is 12.8. The number of nitrogens with two attached hydrogens (primary N) is 2. The van der Waals surface area contributed by atoms with Crippen LogP contribution in [0.4, 0.5) is 13.2 Å². The van der Waals surface area contributed by atoms with Gasteiger partial charge in [0, 0.05) is 11.6 Å². The number of rotatable bonds is 3. The Hall–Kier alpha value is -2.95. The van der Waals surface area contributed by atoms with E-state index in [0.29, 0.717) is 4.57 Å². The zero-order valence-corrected chi connectivity index (χ0v) is 13.3. The molecule has 134 valence electrons. The van der Waals surface area contributed by atoms with Gasteiger partial charge in [-0.15, -0.1) is 0 Å². The zero-order valence-electron chi connectivity index (χ0n) is 12.5. The van der Waals surface area contributed by atoms with Crippen LogP contribution in [0, 0.1) is 0 Å². The smallest absolute Gasteiger partial charge is 0.397 e.